The molecule has 9 heteroatoms. The van der Waals surface area contributed by atoms with Crippen LogP contribution in [0, 0.1) is 6.92 Å². The molecular formula is C22H20Cl2N2O4S. The van der Waals surface area contributed by atoms with E-state index in [0.29, 0.717) is 22.1 Å². The number of halogens is 2. The Morgan fingerprint density at radius 3 is 2.42 bits per heavy atom. The van der Waals surface area contributed by atoms with Crippen molar-refractivity contribution in [3.8, 4) is 11.5 Å². The van der Waals surface area contributed by atoms with Crippen molar-refractivity contribution in [2.45, 2.75) is 18.4 Å². The summed E-state index contributed by atoms with van der Waals surface area (Å²) in [5.74, 6) is 0.726. The largest absolute Gasteiger partial charge is 0.493 e. The molecule has 3 aromatic carbocycles. The lowest BCUT2D eigenvalue weighted by molar-refractivity contribution is 0.285. The highest BCUT2D eigenvalue weighted by molar-refractivity contribution is 7.89. The van der Waals surface area contributed by atoms with Gasteiger partial charge in [0.15, 0.2) is 11.5 Å². The molecule has 0 aliphatic carbocycles. The van der Waals surface area contributed by atoms with E-state index < -0.39 is 10.0 Å². The molecule has 0 aromatic heterocycles. The predicted octanol–water partition coefficient (Wildman–Crippen LogP) is 5.20. The number of hydrogen-bond acceptors (Lipinski definition) is 5. The van der Waals surface area contributed by atoms with Crippen LogP contribution >= 0.6 is 23.2 Å². The van der Waals surface area contributed by atoms with Gasteiger partial charge in [0.1, 0.15) is 6.61 Å². The Balaban J connectivity index is 1.74. The van der Waals surface area contributed by atoms with Crippen LogP contribution in [0.2, 0.25) is 10.0 Å². The molecule has 31 heavy (non-hydrogen) atoms. The van der Waals surface area contributed by atoms with Crippen LogP contribution in [-0.4, -0.2) is 21.7 Å². The Bertz CT molecular complexity index is 1200. The zero-order valence-electron chi connectivity index (χ0n) is 16.8. The number of nitrogens with one attached hydrogen (secondary N) is 1. The van der Waals surface area contributed by atoms with E-state index in [1.54, 1.807) is 30.3 Å². The molecule has 0 spiro atoms. The summed E-state index contributed by atoms with van der Waals surface area (Å²) in [7, 11) is -2.29. The molecule has 1 N–H and O–H groups in total. The lowest BCUT2D eigenvalue weighted by atomic mass is 10.2. The monoisotopic (exact) mass is 478 g/mol. The molecule has 0 unspecified atom stereocenters. The van der Waals surface area contributed by atoms with Gasteiger partial charge in [-0.2, -0.15) is 13.5 Å². The van der Waals surface area contributed by atoms with Crippen molar-refractivity contribution in [1.29, 1.82) is 0 Å². The number of rotatable bonds is 8. The molecule has 0 atom stereocenters. The highest BCUT2D eigenvalue weighted by Gasteiger charge is 2.14. The van der Waals surface area contributed by atoms with Gasteiger partial charge < -0.3 is 9.47 Å². The van der Waals surface area contributed by atoms with Crippen LogP contribution in [0.25, 0.3) is 0 Å². The van der Waals surface area contributed by atoms with Crippen LogP contribution in [0.15, 0.2) is 70.7 Å². The third-order valence-corrected chi connectivity index (χ3v) is 6.19. The summed E-state index contributed by atoms with van der Waals surface area (Å²) in [5.41, 5.74) is 2.29. The van der Waals surface area contributed by atoms with E-state index in [-0.39, 0.29) is 16.5 Å². The van der Waals surface area contributed by atoms with Gasteiger partial charge >= 0.3 is 0 Å². The predicted molar refractivity (Wildman–Crippen MR) is 123 cm³/mol. The Morgan fingerprint density at radius 1 is 1.03 bits per heavy atom. The molecule has 6 nitrogen and oxygen atoms in total. The standard InChI is InChI=1S/C22H20Cl2N2O4S/c1-15-7-9-18(10-8-15)31(27,28)26-25-13-16-11-20(24)22(21(12-16)29-2)30-14-17-5-3-4-6-19(17)23/h3-13,26H,14H2,1-2H3/b25-13-. The average molecular weight is 479 g/mol. The van der Waals surface area contributed by atoms with Crippen molar-refractivity contribution in [2.24, 2.45) is 5.10 Å². The number of benzene rings is 3. The van der Waals surface area contributed by atoms with Crippen LogP contribution in [0.3, 0.4) is 0 Å². The molecule has 162 valence electrons. The van der Waals surface area contributed by atoms with Gasteiger partial charge in [0.05, 0.1) is 23.2 Å². The number of aryl methyl sites for hydroxylation is 1. The van der Waals surface area contributed by atoms with Crippen molar-refractivity contribution in [3.63, 3.8) is 0 Å². The van der Waals surface area contributed by atoms with Crippen LogP contribution < -0.4 is 14.3 Å². The van der Waals surface area contributed by atoms with E-state index >= 15 is 0 Å². The smallest absolute Gasteiger partial charge is 0.276 e. The van der Waals surface area contributed by atoms with Crippen LogP contribution in [-0.2, 0) is 16.6 Å². The molecule has 0 saturated heterocycles. The fourth-order valence-electron chi connectivity index (χ4n) is 2.66. The quantitative estimate of drug-likeness (QED) is 0.356. The van der Waals surface area contributed by atoms with E-state index in [2.05, 4.69) is 9.93 Å². The molecule has 0 heterocycles. The Morgan fingerprint density at radius 2 is 1.74 bits per heavy atom. The number of ether oxygens (including phenoxy) is 2. The second-order valence-electron chi connectivity index (χ2n) is 6.58. The molecule has 0 aliphatic heterocycles. The van der Waals surface area contributed by atoms with E-state index in [1.807, 2.05) is 25.1 Å². The highest BCUT2D eigenvalue weighted by atomic mass is 35.5. The van der Waals surface area contributed by atoms with Gasteiger partial charge in [0.25, 0.3) is 10.0 Å². The van der Waals surface area contributed by atoms with Gasteiger partial charge in [-0.05, 0) is 42.8 Å². The van der Waals surface area contributed by atoms with Gasteiger partial charge in [0, 0.05) is 10.6 Å². The normalized spacial score (nSPS) is 11.5. The van der Waals surface area contributed by atoms with Crippen molar-refractivity contribution in [2.75, 3.05) is 7.11 Å². The van der Waals surface area contributed by atoms with Crippen molar-refractivity contribution in [3.05, 3.63) is 87.4 Å². The SMILES string of the molecule is COc1cc(/C=N\NS(=O)(=O)c2ccc(C)cc2)cc(Cl)c1OCc1ccccc1Cl. The maximum atomic E-state index is 12.3. The first-order valence-electron chi connectivity index (χ1n) is 9.15. The lowest BCUT2D eigenvalue weighted by Gasteiger charge is -2.14. The zero-order valence-corrected chi connectivity index (χ0v) is 19.1. The second-order valence-corrected chi connectivity index (χ2v) is 9.06. The first kappa shape index (κ1) is 22.9. The van der Waals surface area contributed by atoms with E-state index in [9.17, 15) is 8.42 Å². The van der Waals surface area contributed by atoms with Gasteiger partial charge in [-0.15, -0.1) is 0 Å². The first-order valence-corrected chi connectivity index (χ1v) is 11.4. The number of hydrogen-bond donors (Lipinski definition) is 1. The molecule has 0 fully saturated rings. The van der Waals surface area contributed by atoms with Crippen LogP contribution in [0.5, 0.6) is 11.5 Å². The Labute approximate surface area is 191 Å². The summed E-state index contributed by atoms with van der Waals surface area (Å²) in [6.07, 6.45) is 1.33. The van der Waals surface area contributed by atoms with Crippen LogP contribution in [0.1, 0.15) is 16.7 Å². The van der Waals surface area contributed by atoms with Crippen molar-refractivity contribution < 1.29 is 17.9 Å². The molecule has 0 bridgehead atoms. The second kappa shape index (κ2) is 10.0. The molecule has 0 radical (unpaired) electrons. The molecule has 3 rings (SSSR count). The van der Waals surface area contributed by atoms with Gasteiger partial charge in [-0.1, -0.05) is 59.1 Å². The number of methoxy groups -OCH3 is 1. The maximum absolute atomic E-state index is 12.3. The minimum absolute atomic E-state index is 0.120. The van der Waals surface area contributed by atoms with E-state index in [1.165, 1.54) is 25.5 Å². The van der Waals surface area contributed by atoms with Gasteiger partial charge in [0.2, 0.25) is 0 Å². The number of sulfonamides is 1. The molecule has 0 amide bonds. The minimum atomic E-state index is -3.77. The van der Waals surface area contributed by atoms with Crippen molar-refractivity contribution in [1.82, 2.24) is 4.83 Å². The van der Waals surface area contributed by atoms with Gasteiger partial charge in [-0.25, -0.2) is 4.83 Å². The third kappa shape index (κ3) is 5.91. The summed E-state index contributed by atoms with van der Waals surface area (Å²) < 4.78 is 35.8. The molecule has 3 aromatic rings. The number of nitrogens with zero attached hydrogens (tertiary/aromatic N) is 1. The molecule has 0 aliphatic rings. The minimum Gasteiger partial charge on any atom is -0.493 e. The summed E-state index contributed by atoms with van der Waals surface area (Å²) in [6, 6.07) is 17.0. The fourth-order valence-corrected chi connectivity index (χ4v) is 3.92. The van der Waals surface area contributed by atoms with Crippen molar-refractivity contribution >= 4 is 39.4 Å². The van der Waals surface area contributed by atoms with Crippen LogP contribution in [0.4, 0.5) is 0 Å². The first-order chi connectivity index (χ1) is 14.8. The van der Waals surface area contributed by atoms with E-state index in [0.717, 1.165) is 11.1 Å². The highest BCUT2D eigenvalue weighted by Crippen LogP contribution is 2.37. The number of hydrazone groups is 1. The fraction of sp³-hybridized carbons (Fsp3) is 0.136. The maximum Gasteiger partial charge on any atom is 0.276 e. The summed E-state index contributed by atoms with van der Waals surface area (Å²) in [5, 5.41) is 4.70. The molecule has 0 saturated carbocycles. The molecular weight excluding hydrogens is 459 g/mol. The Hall–Kier alpha value is -2.74. The summed E-state index contributed by atoms with van der Waals surface area (Å²) in [4.78, 5) is 2.30. The lowest BCUT2D eigenvalue weighted by Crippen LogP contribution is -2.18. The average Bonchev–Trinajstić information content (AvgIpc) is 2.74. The zero-order chi connectivity index (χ0) is 22.4. The summed E-state index contributed by atoms with van der Waals surface area (Å²) in [6.45, 7) is 2.08. The Kier molecular flexibility index (Phi) is 7.43. The van der Waals surface area contributed by atoms with E-state index in [4.69, 9.17) is 32.7 Å². The van der Waals surface area contributed by atoms with Gasteiger partial charge in [-0.3, -0.25) is 0 Å². The third-order valence-electron chi connectivity index (χ3n) is 4.30. The summed E-state index contributed by atoms with van der Waals surface area (Å²) >= 11 is 12.5. The topological polar surface area (TPSA) is 77.0 Å².